The minimum Gasteiger partial charge on any atom is -0.376 e. The topological polar surface area (TPSA) is 126 Å². The molecular weight excluding hydrogens is 410 g/mol. The number of aryl methyl sites for hydroxylation is 2. The minimum absolute atomic E-state index is 0.0442. The molecule has 3 rings (SSSR count). The fourth-order valence-corrected chi connectivity index (χ4v) is 4.16. The lowest BCUT2D eigenvalue weighted by Gasteiger charge is -2.38. The summed E-state index contributed by atoms with van der Waals surface area (Å²) in [6.45, 7) is 6.25. The number of ether oxygens (including phenoxy) is 1. The Hall–Kier alpha value is -2.49. The molecule has 0 spiro atoms. The van der Waals surface area contributed by atoms with E-state index in [2.05, 4.69) is 16.0 Å². The number of nitrogens with one attached hydrogen (secondary N) is 3. The van der Waals surface area contributed by atoms with Crippen molar-refractivity contribution in [2.24, 2.45) is 5.73 Å². The van der Waals surface area contributed by atoms with Crippen LogP contribution in [-0.2, 0) is 25.7 Å². The van der Waals surface area contributed by atoms with Gasteiger partial charge in [0.15, 0.2) is 6.04 Å². The van der Waals surface area contributed by atoms with E-state index < -0.39 is 23.9 Å². The van der Waals surface area contributed by atoms with Gasteiger partial charge in [0.2, 0.25) is 5.91 Å². The van der Waals surface area contributed by atoms with Crippen molar-refractivity contribution in [3.05, 3.63) is 34.9 Å². The van der Waals surface area contributed by atoms with Crippen LogP contribution >= 0.6 is 0 Å². The first-order valence-corrected chi connectivity index (χ1v) is 11.4. The summed E-state index contributed by atoms with van der Waals surface area (Å²) < 4.78 is 5.56. The summed E-state index contributed by atoms with van der Waals surface area (Å²) in [6.07, 6.45) is 2.95. The number of carbonyl (C=O) groups is 3. The quantitative estimate of drug-likeness (QED) is 0.230. The monoisotopic (exact) mass is 445 g/mol. The Morgan fingerprint density at radius 1 is 1.28 bits per heavy atom. The number of amides is 3. The molecule has 2 aliphatic heterocycles. The summed E-state index contributed by atoms with van der Waals surface area (Å²) in [5.41, 5.74) is 8.57. The van der Waals surface area contributed by atoms with Crippen LogP contribution < -0.4 is 21.7 Å². The lowest BCUT2D eigenvalue weighted by molar-refractivity contribution is -0.155. The summed E-state index contributed by atoms with van der Waals surface area (Å²) in [4.78, 5) is 40.7. The maximum Gasteiger partial charge on any atom is 0.253 e. The number of carbonyl (C=O) groups excluding carboxylic acids is 3. The molecule has 3 atom stereocenters. The smallest absolute Gasteiger partial charge is 0.253 e. The fraction of sp³-hybridized carbons (Fsp3) is 0.609. The molecule has 176 valence electrons. The first-order chi connectivity index (χ1) is 15.4. The standard InChI is InChI=1S/C23H35N5O4/c1-15-7-8-17(11-16(15)2)13-28-20(21(29)26-12-18-5-4-10-32-18)22(30)27-19(23(28)31)6-3-9-25-14-24/h7-8,11,18-20,25H,3-6,9-10,12-14,24H2,1-2H3,(H,26,29)(H,27,30). The normalized spacial score (nSPS) is 23.3. The molecule has 2 heterocycles. The highest BCUT2D eigenvalue weighted by molar-refractivity contribution is 6.10. The first kappa shape index (κ1) is 24.2. The third kappa shape index (κ3) is 6.05. The summed E-state index contributed by atoms with van der Waals surface area (Å²) >= 11 is 0. The molecule has 32 heavy (non-hydrogen) atoms. The second-order valence-corrected chi connectivity index (χ2v) is 8.57. The number of hydrogen-bond donors (Lipinski definition) is 4. The second kappa shape index (κ2) is 11.4. The maximum absolute atomic E-state index is 13.3. The number of hydrogen-bond acceptors (Lipinski definition) is 6. The Morgan fingerprint density at radius 2 is 2.09 bits per heavy atom. The van der Waals surface area contributed by atoms with Gasteiger partial charge in [-0.2, -0.15) is 0 Å². The Balaban J connectivity index is 1.75. The highest BCUT2D eigenvalue weighted by Gasteiger charge is 2.44. The zero-order chi connectivity index (χ0) is 23.1. The van der Waals surface area contributed by atoms with Crippen molar-refractivity contribution in [2.45, 2.75) is 64.3 Å². The van der Waals surface area contributed by atoms with Crippen molar-refractivity contribution in [3.8, 4) is 0 Å². The number of rotatable bonds is 10. The van der Waals surface area contributed by atoms with E-state index in [-0.39, 0.29) is 18.6 Å². The summed E-state index contributed by atoms with van der Waals surface area (Å²) in [7, 11) is 0. The largest absolute Gasteiger partial charge is 0.376 e. The van der Waals surface area contributed by atoms with Crippen molar-refractivity contribution in [2.75, 3.05) is 26.4 Å². The van der Waals surface area contributed by atoms with Crippen LogP contribution in [0.3, 0.4) is 0 Å². The van der Waals surface area contributed by atoms with E-state index in [1.54, 1.807) is 0 Å². The Labute approximate surface area is 189 Å². The lowest BCUT2D eigenvalue weighted by Crippen LogP contribution is -2.67. The zero-order valence-corrected chi connectivity index (χ0v) is 19.0. The van der Waals surface area contributed by atoms with Gasteiger partial charge in [-0.3, -0.25) is 14.4 Å². The van der Waals surface area contributed by atoms with Crippen LogP contribution in [0.5, 0.6) is 0 Å². The van der Waals surface area contributed by atoms with E-state index in [4.69, 9.17) is 10.5 Å². The van der Waals surface area contributed by atoms with Gasteiger partial charge in [-0.1, -0.05) is 18.2 Å². The van der Waals surface area contributed by atoms with E-state index in [1.165, 1.54) is 4.90 Å². The molecule has 2 saturated heterocycles. The summed E-state index contributed by atoms with van der Waals surface area (Å²) in [5, 5.41) is 8.58. The van der Waals surface area contributed by atoms with Gasteiger partial charge in [-0.05, 0) is 62.8 Å². The fourth-order valence-electron chi connectivity index (χ4n) is 4.16. The van der Waals surface area contributed by atoms with Crippen LogP contribution in [0.15, 0.2) is 18.2 Å². The third-order valence-electron chi connectivity index (χ3n) is 6.15. The van der Waals surface area contributed by atoms with Crippen molar-refractivity contribution in [3.63, 3.8) is 0 Å². The average Bonchev–Trinajstić information content (AvgIpc) is 3.29. The minimum atomic E-state index is -1.20. The molecule has 3 amide bonds. The molecule has 2 aliphatic rings. The molecule has 3 unspecified atom stereocenters. The van der Waals surface area contributed by atoms with Crippen LogP contribution in [0.1, 0.15) is 42.4 Å². The van der Waals surface area contributed by atoms with Crippen molar-refractivity contribution in [1.29, 1.82) is 0 Å². The lowest BCUT2D eigenvalue weighted by atomic mass is 10.00. The molecule has 9 nitrogen and oxygen atoms in total. The van der Waals surface area contributed by atoms with E-state index in [9.17, 15) is 14.4 Å². The van der Waals surface area contributed by atoms with Gasteiger partial charge in [-0.15, -0.1) is 0 Å². The molecule has 1 aromatic carbocycles. The second-order valence-electron chi connectivity index (χ2n) is 8.57. The van der Waals surface area contributed by atoms with E-state index in [0.29, 0.717) is 39.2 Å². The van der Waals surface area contributed by atoms with Gasteiger partial charge in [0, 0.05) is 26.4 Å². The Bertz CT molecular complexity index is 825. The predicted molar refractivity (Wildman–Crippen MR) is 120 cm³/mol. The Morgan fingerprint density at radius 3 is 2.78 bits per heavy atom. The first-order valence-electron chi connectivity index (χ1n) is 11.4. The van der Waals surface area contributed by atoms with Gasteiger partial charge in [0.05, 0.1) is 6.10 Å². The zero-order valence-electron chi connectivity index (χ0n) is 19.0. The van der Waals surface area contributed by atoms with Gasteiger partial charge in [-0.25, -0.2) is 0 Å². The molecule has 0 radical (unpaired) electrons. The Kier molecular flexibility index (Phi) is 8.60. The molecular formula is C23H35N5O4. The molecule has 0 bridgehead atoms. The van der Waals surface area contributed by atoms with E-state index in [1.807, 2.05) is 32.0 Å². The predicted octanol–water partition coefficient (Wildman–Crippen LogP) is 0.0802. The highest BCUT2D eigenvalue weighted by atomic mass is 16.5. The number of piperazine rings is 1. The van der Waals surface area contributed by atoms with Crippen molar-refractivity contribution in [1.82, 2.24) is 20.9 Å². The van der Waals surface area contributed by atoms with Crippen LogP contribution in [-0.4, -0.2) is 67.2 Å². The average molecular weight is 446 g/mol. The number of benzene rings is 1. The van der Waals surface area contributed by atoms with Crippen LogP contribution in [0.2, 0.25) is 0 Å². The highest BCUT2D eigenvalue weighted by Crippen LogP contribution is 2.20. The van der Waals surface area contributed by atoms with E-state index in [0.717, 1.165) is 29.5 Å². The van der Waals surface area contributed by atoms with Gasteiger partial charge in [0.1, 0.15) is 6.04 Å². The van der Waals surface area contributed by atoms with E-state index >= 15 is 0 Å². The number of nitrogens with two attached hydrogens (primary N) is 1. The van der Waals surface area contributed by atoms with Crippen molar-refractivity contribution < 1.29 is 19.1 Å². The maximum atomic E-state index is 13.3. The molecule has 0 saturated carbocycles. The third-order valence-corrected chi connectivity index (χ3v) is 6.15. The van der Waals surface area contributed by atoms with Crippen LogP contribution in [0, 0.1) is 13.8 Å². The van der Waals surface area contributed by atoms with Crippen LogP contribution in [0.25, 0.3) is 0 Å². The molecule has 2 fully saturated rings. The van der Waals surface area contributed by atoms with Gasteiger partial charge < -0.3 is 31.3 Å². The molecule has 0 aliphatic carbocycles. The molecule has 0 aromatic heterocycles. The van der Waals surface area contributed by atoms with Crippen molar-refractivity contribution >= 4 is 17.7 Å². The number of nitrogens with zero attached hydrogens (tertiary/aromatic N) is 1. The summed E-state index contributed by atoms with van der Waals surface area (Å²) in [5.74, 6) is -1.17. The van der Waals surface area contributed by atoms with Gasteiger partial charge in [0.25, 0.3) is 11.8 Å². The van der Waals surface area contributed by atoms with Crippen LogP contribution in [0.4, 0.5) is 0 Å². The molecule has 5 N–H and O–H groups in total. The van der Waals surface area contributed by atoms with Gasteiger partial charge >= 0.3 is 0 Å². The SMILES string of the molecule is Cc1ccc(CN2C(=O)C(CCCNCN)NC(=O)C2C(=O)NCC2CCCO2)cc1C. The molecule has 1 aromatic rings. The molecule has 9 heteroatoms. The summed E-state index contributed by atoms with van der Waals surface area (Å²) in [6, 6.07) is 4.06.